The van der Waals surface area contributed by atoms with E-state index in [0.717, 1.165) is 5.56 Å². The SMILES string of the molecule is CCc1noc(C)c1CN[C@@H](C(C)C)C(F)(F)F. The number of rotatable bonds is 5. The standard InChI is InChI=1S/C12H19F3N2O/c1-5-10-9(8(4)18-17-10)6-16-11(7(2)3)12(13,14)15/h7,11,16H,5-6H2,1-4H3/t11-/m0/s1. The van der Waals surface area contributed by atoms with Crippen molar-refractivity contribution in [3.63, 3.8) is 0 Å². The summed E-state index contributed by atoms with van der Waals surface area (Å²) in [7, 11) is 0. The highest BCUT2D eigenvalue weighted by molar-refractivity contribution is 5.21. The quantitative estimate of drug-likeness (QED) is 0.887. The Labute approximate surface area is 105 Å². The van der Waals surface area contributed by atoms with Crippen LogP contribution in [0.4, 0.5) is 13.2 Å². The lowest BCUT2D eigenvalue weighted by atomic mass is 10.0. The van der Waals surface area contributed by atoms with Crippen LogP contribution in [0.5, 0.6) is 0 Å². The van der Waals surface area contributed by atoms with Gasteiger partial charge in [0.2, 0.25) is 0 Å². The maximum atomic E-state index is 12.8. The number of alkyl halides is 3. The second-order valence-corrected chi connectivity index (χ2v) is 4.66. The molecule has 0 unspecified atom stereocenters. The van der Waals surface area contributed by atoms with Crippen molar-refractivity contribution in [3.8, 4) is 0 Å². The average Bonchev–Trinajstić information content (AvgIpc) is 2.57. The van der Waals surface area contributed by atoms with Gasteiger partial charge in [0.15, 0.2) is 0 Å². The van der Waals surface area contributed by atoms with Crippen LogP contribution < -0.4 is 5.32 Å². The van der Waals surface area contributed by atoms with Crippen LogP contribution in [0.15, 0.2) is 4.52 Å². The van der Waals surface area contributed by atoms with Crippen LogP contribution >= 0.6 is 0 Å². The second kappa shape index (κ2) is 5.73. The van der Waals surface area contributed by atoms with Crippen LogP contribution in [0.1, 0.15) is 37.8 Å². The molecule has 0 aliphatic rings. The molecule has 1 heterocycles. The minimum absolute atomic E-state index is 0.126. The predicted octanol–water partition coefficient (Wildman–Crippen LogP) is 3.22. The molecule has 1 N–H and O–H groups in total. The molecule has 0 fully saturated rings. The molecule has 104 valence electrons. The number of nitrogens with zero attached hydrogens (tertiary/aromatic N) is 1. The molecule has 3 nitrogen and oxygen atoms in total. The highest BCUT2D eigenvalue weighted by Crippen LogP contribution is 2.26. The van der Waals surface area contributed by atoms with Gasteiger partial charge >= 0.3 is 6.18 Å². The van der Waals surface area contributed by atoms with Gasteiger partial charge in [-0.1, -0.05) is 25.9 Å². The van der Waals surface area contributed by atoms with Crippen LogP contribution in [-0.4, -0.2) is 17.4 Å². The van der Waals surface area contributed by atoms with E-state index in [0.29, 0.717) is 17.9 Å². The number of hydrogen-bond donors (Lipinski definition) is 1. The normalized spacial score (nSPS) is 14.2. The van der Waals surface area contributed by atoms with E-state index < -0.39 is 18.1 Å². The van der Waals surface area contributed by atoms with Gasteiger partial charge in [0, 0.05) is 12.1 Å². The molecule has 0 spiro atoms. The Morgan fingerprint density at radius 2 is 1.94 bits per heavy atom. The predicted molar refractivity (Wildman–Crippen MR) is 62.1 cm³/mol. The first-order valence-electron chi connectivity index (χ1n) is 6.01. The molecular formula is C12H19F3N2O. The Bertz CT molecular complexity index is 385. The maximum absolute atomic E-state index is 12.8. The summed E-state index contributed by atoms with van der Waals surface area (Å²) in [4.78, 5) is 0. The lowest BCUT2D eigenvalue weighted by Gasteiger charge is -2.25. The first-order valence-corrected chi connectivity index (χ1v) is 6.01. The molecule has 0 amide bonds. The average molecular weight is 264 g/mol. The summed E-state index contributed by atoms with van der Waals surface area (Å²) >= 11 is 0. The molecular weight excluding hydrogens is 245 g/mol. The van der Waals surface area contributed by atoms with Crippen LogP contribution in [0, 0.1) is 12.8 Å². The molecule has 0 saturated heterocycles. The Balaban J connectivity index is 2.76. The van der Waals surface area contributed by atoms with Gasteiger partial charge in [0.05, 0.1) is 5.69 Å². The molecule has 0 aliphatic heterocycles. The topological polar surface area (TPSA) is 38.1 Å². The number of halogens is 3. The molecule has 0 saturated carbocycles. The summed E-state index contributed by atoms with van der Waals surface area (Å²) in [6.45, 7) is 6.82. The smallest absolute Gasteiger partial charge is 0.361 e. The summed E-state index contributed by atoms with van der Waals surface area (Å²) in [5, 5.41) is 6.38. The van der Waals surface area contributed by atoms with Gasteiger partial charge in [-0.3, -0.25) is 0 Å². The molecule has 0 bridgehead atoms. The Hall–Kier alpha value is -1.04. The van der Waals surface area contributed by atoms with E-state index in [2.05, 4.69) is 10.5 Å². The number of hydrogen-bond acceptors (Lipinski definition) is 3. The third-order valence-electron chi connectivity index (χ3n) is 2.92. The zero-order valence-electron chi connectivity index (χ0n) is 11.1. The lowest BCUT2D eigenvalue weighted by Crippen LogP contribution is -2.45. The minimum atomic E-state index is -4.24. The van der Waals surface area contributed by atoms with Crippen molar-refractivity contribution in [3.05, 3.63) is 17.0 Å². The fourth-order valence-corrected chi connectivity index (χ4v) is 1.88. The largest absolute Gasteiger partial charge is 0.404 e. The first-order chi connectivity index (χ1) is 8.27. The van der Waals surface area contributed by atoms with Crippen molar-refractivity contribution < 1.29 is 17.7 Å². The molecule has 0 radical (unpaired) electrons. The van der Waals surface area contributed by atoms with Gasteiger partial charge in [-0.2, -0.15) is 13.2 Å². The highest BCUT2D eigenvalue weighted by Gasteiger charge is 2.41. The molecule has 6 heteroatoms. The Morgan fingerprint density at radius 3 is 2.39 bits per heavy atom. The van der Waals surface area contributed by atoms with E-state index in [1.54, 1.807) is 20.8 Å². The molecule has 1 aromatic rings. The molecule has 18 heavy (non-hydrogen) atoms. The van der Waals surface area contributed by atoms with Gasteiger partial charge in [0.1, 0.15) is 11.8 Å². The van der Waals surface area contributed by atoms with Crippen molar-refractivity contribution in [2.75, 3.05) is 0 Å². The van der Waals surface area contributed by atoms with E-state index in [-0.39, 0.29) is 6.54 Å². The first kappa shape index (κ1) is 15.0. The lowest BCUT2D eigenvalue weighted by molar-refractivity contribution is -0.165. The molecule has 0 aliphatic carbocycles. The second-order valence-electron chi connectivity index (χ2n) is 4.66. The van der Waals surface area contributed by atoms with Gasteiger partial charge < -0.3 is 9.84 Å². The van der Waals surface area contributed by atoms with Crippen LogP contribution in [0.3, 0.4) is 0 Å². The van der Waals surface area contributed by atoms with Crippen molar-refractivity contribution in [1.82, 2.24) is 10.5 Å². The number of aromatic nitrogens is 1. The summed E-state index contributed by atoms with van der Waals surface area (Å²) in [5.41, 5.74) is 1.44. The van der Waals surface area contributed by atoms with Crippen molar-refractivity contribution in [2.45, 2.75) is 52.9 Å². The maximum Gasteiger partial charge on any atom is 0.404 e. The van der Waals surface area contributed by atoms with Crippen molar-refractivity contribution in [2.24, 2.45) is 5.92 Å². The summed E-state index contributed by atoms with van der Waals surface area (Å²) in [6.07, 6.45) is -3.60. The van der Waals surface area contributed by atoms with Crippen LogP contribution in [0.25, 0.3) is 0 Å². The summed E-state index contributed by atoms with van der Waals surface area (Å²) < 4.78 is 43.3. The zero-order chi connectivity index (χ0) is 13.9. The van der Waals surface area contributed by atoms with E-state index in [1.165, 1.54) is 0 Å². The van der Waals surface area contributed by atoms with Crippen LogP contribution in [-0.2, 0) is 13.0 Å². The third kappa shape index (κ3) is 3.48. The molecule has 0 aromatic carbocycles. The summed E-state index contributed by atoms with van der Waals surface area (Å²) in [6, 6.07) is -1.52. The van der Waals surface area contributed by atoms with E-state index in [4.69, 9.17) is 4.52 Å². The number of aryl methyl sites for hydroxylation is 2. The van der Waals surface area contributed by atoms with Crippen LogP contribution in [0.2, 0.25) is 0 Å². The molecule has 1 aromatic heterocycles. The number of nitrogens with one attached hydrogen (secondary N) is 1. The minimum Gasteiger partial charge on any atom is -0.361 e. The summed E-state index contributed by atoms with van der Waals surface area (Å²) in [5.74, 6) is 0.0549. The highest BCUT2D eigenvalue weighted by atomic mass is 19.4. The van der Waals surface area contributed by atoms with Crippen molar-refractivity contribution in [1.29, 1.82) is 0 Å². The van der Waals surface area contributed by atoms with Gasteiger partial charge in [-0.25, -0.2) is 0 Å². The fraction of sp³-hybridized carbons (Fsp3) is 0.750. The Morgan fingerprint density at radius 1 is 1.33 bits per heavy atom. The molecule has 1 atom stereocenters. The van der Waals surface area contributed by atoms with E-state index >= 15 is 0 Å². The van der Waals surface area contributed by atoms with E-state index in [9.17, 15) is 13.2 Å². The van der Waals surface area contributed by atoms with Gasteiger partial charge in [0.25, 0.3) is 0 Å². The Kier molecular flexibility index (Phi) is 4.78. The third-order valence-corrected chi connectivity index (χ3v) is 2.92. The van der Waals surface area contributed by atoms with Gasteiger partial charge in [-0.05, 0) is 19.3 Å². The monoisotopic (exact) mass is 264 g/mol. The van der Waals surface area contributed by atoms with Crippen molar-refractivity contribution >= 4 is 0 Å². The van der Waals surface area contributed by atoms with Gasteiger partial charge in [-0.15, -0.1) is 0 Å². The fourth-order valence-electron chi connectivity index (χ4n) is 1.88. The van der Waals surface area contributed by atoms with E-state index in [1.807, 2.05) is 6.92 Å². The zero-order valence-corrected chi connectivity index (χ0v) is 11.1. The molecule has 1 rings (SSSR count).